The Labute approximate surface area is 210 Å². The van der Waals surface area contributed by atoms with Gasteiger partial charge in [-0.15, -0.1) is 0 Å². The van der Waals surface area contributed by atoms with E-state index in [2.05, 4.69) is 9.97 Å². The van der Waals surface area contributed by atoms with Crippen molar-refractivity contribution >= 4 is 22.8 Å². The summed E-state index contributed by atoms with van der Waals surface area (Å²) in [6.45, 7) is 0.0608. The summed E-state index contributed by atoms with van der Waals surface area (Å²) in [7, 11) is 0. The molecule has 1 atom stereocenters. The third-order valence-corrected chi connectivity index (χ3v) is 7.05. The number of carbonyl (C=O) groups excluding carboxylic acids is 1. The van der Waals surface area contributed by atoms with Gasteiger partial charge in [-0.25, -0.2) is 18.7 Å². The Hall–Kier alpha value is -3.28. The van der Waals surface area contributed by atoms with E-state index in [0.717, 1.165) is 25.0 Å². The summed E-state index contributed by atoms with van der Waals surface area (Å²) >= 11 is 0. The monoisotopic (exact) mass is 522 g/mol. The summed E-state index contributed by atoms with van der Waals surface area (Å²) in [6.07, 6.45) is 0.791. The van der Waals surface area contributed by atoms with E-state index in [0.29, 0.717) is 35.5 Å². The van der Waals surface area contributed by atoms with Crippen LogP contribution in [0.2, 0.25) is 0 Å². The second kappa shape index (κ2) is 9.55. The van der Waals surface area contributed by atoms with Crippen molar-refractivity contribution in [2.45, 2.75) is 50.5 Å². The summed E-state index contributed by atoms with van der Waals surface area (Å²) in [5.41, 5.74) is 5.70. The van der Waals surface area contributed by atoms with Crippen LogP contribution >= 0.6 is 0 Å². The molecule has 1 aromatic carbocycles. The first kappa shape index (κ1) is 25.4. The zero-order chi connectivity index (χ0) is 26.4. The number of likely N-dealkylation sites (tertiary alicyclic amines) is 1. The zero-order valence-electron chi connectivity index (χ0n) is 20.0. The van der Waals surface area contributed by atoms with Crippen LogP contribution in [0.15, 0.2) is 42.9 Å². The highest BCUT2D eigenvalue weighted by Gasteiger charge is 2.45. The Bertz CT molecular complexity index is 1270. The van der Waals surface area contributed by atoms with Crippen LogP contribution in [0.5, 0.6) is 0 Å². The summed E-state index contributed by atoms with van der Waals surface area (Å²) < 4.78 is 70.4. The Balaban J connectivity index is 1.36. The number of primary amides is 1. The number of carbonyl (C=O) groups is 1. The van der Waals surface area contributed by atoms with Crippen molar-refractivity contribution in [2.75, 3.05) is 24.5 Å². The van der Waals surface area contributed by atoms with Gasteiger partial charge in [0.05, 0.1) is 24.0 Å². The molecule has 0 bridgehead atoms. The highest BCUT2D eigenvalue weighted by Crippen LogP contribution is 2.38. The van der Waals surface area contributed by atoms with E-state index in [9.17, 15) is 26.7 Å². The molecule has 1 saturated heterocycles. The van der Waals surface area contributed by atoms with Crippen LogP contribution in [-0.4, -0.2) is 56.9 Å². The number of hydrogen-bond donors (Lipinski definition) is 1. The number of nitrogens with two attached hydrogens (primary N) is 1. The van der Waals surface area contributed by atoms with Crippen LogP contribution in [0.25, 0.3) is 11.0 Å². The predicted molar refractivity (Wildman–Crippen MR) is 127 cm³/mol. The highest BCUT2D eigenvalue weighted by molar-refractivity contribution is 5.88. The third kappa shape index (κ3) is 5.53. The van der Waals surface area contributed by atoms with Gasteiger partial charge in [0, 0.05) is 31.2 Å². The van der Waals surface area contributed by atoms with E-state index in [1.807, 2.05) is 4.90 Å². The van der Waals surface area contributed by atoms with Crippen LogP contribution in [0, 0.1) is 5.92 Å². The number of hydrogen-bond acceptors (Lipinski definition) is 5. The van der Waals surface area contributed by atoms with Crippen molar-refractivity contribution in [1.29, 1.82) is 0 Å². The van der Waals surface area contributed by atoms with E-state index in [1.54, 1.807) is 16.8 Å². The molecule has 5 rings (SSSR count). The van der Waals surface area contributed by atoms with Crippen LogP contribution in [0.1, 0.15) is 30.4 Å². The van der Waals surface area contributed by atoms with Crippen molar-refractivity contribution in [3.05, 3.63) is 54.0 Å². The Morgan fingerprint density at radius 3 is 2.46 bits per heavy atom. The second-order valence-electron chi connectivity index (χ2n) is 9.88. The molecule has 2 N–H and O–H groups in total. The minimum Gasteiger partial charge on any atom is -0.369 e. The second-order valence-corrected chi connectivity index (χ2v) is 9.88. The molecule has 7 nitrogen and oxygen atoms in total. The Kier molecular flexibility index (Phi) is 6.55. The van der Waals surface area contributed by atoms with Crippen LogP contribution in [0.3, 0.4) is 0 Å². The van der Waals surface area contributed by atoms with Gasteiger partial charge in [-0.2, -0.15) is 13.2 Å². The van der Waals surface area contributed by atoms with Crippen molar-refractivity contribution in [3.63, 3.8) is 0 Å². The molecule has 1 aliphatic heterocycles. The molecule has 2 aliphatic rings. The summed E-state index contributed by atoms with van der Waals surface area (Å²) in [5.74, 6) is -3.93. The number of anilines is 1. The van der Waals surface area contributed by atoms with Gasteiger partial charge in [-0.05, 0) is 49.6 Å². The first-order valence-electron chi connectivity index (χ1n) is 12.1. The SMILES string of the molecule is NC(=O)CN1CCC(Cn2ccc3c(N(Cc4ccc(C(F)(F)F)cc4)C4CC4)ncnc32)C(F)(F)C1. The molecule has 198 valence electrons. The lowest BCUT2D eigenvalue weighted by Gasteiger charge is -2.38. The molecule has 1 unspecified atom stereocenters. The maximum Gasteiger partial charge on any atom is 0.416 e. The van der Waals surface area contributed by atoms with E-state index in [4.69, 9.17) is 5.73 Å². The fraction of sp³-hybridized carbons (Fsp3) is 0.480. The first-order chi connectivity index (χ1) is 17.5. The number of fused-ring (bicyclic) bond motifs is 1. The van der Waals surface area contributed by atoms with Crippen molar-refractivity contribution < 1.29 is 26.7 Å². The van der Waals surface area contributed by atoms with Crippen molar-refractivity contribution in [2.24, 2.45) is 11.7 Å². The van der Waals surface area contributed by atoms with Gasteiger partial charge in [0.1, 0.15) is 17.8 Å². The number of piperidine rings is 1. The molecular formula is C25H27F5N6O. The van der Waals surface area contributed by atoms with Gasteiger partial charge in [-0.3, -0.25) is 9.69 Å². The number of aromatic nitrogens is 3. The van der Waals surface area contributed by atoms with Gasteiger partial charge >= 0.3 is 6.18 Å². The summed E-state index contributed by atoms with van der Waals surface area (Å²) in [5, 5.41) is 0.704. The topological polar surface area (TPSA) is 80.3 Å². The van der Waals surface area contributed by atoms with Gasteiger partial charge in [0.25, 0.3) is 5.92 Å². The smallest absolute Gasteiger partial charge is 0.369 e. The number of benzene rings is 1. The molecule has 1 aliphatic carbocycles. The van der Waals surface area contributed by atoms with Gasteiger partial charge in [0.15, 0.2) is 0 Å². The summed E-state index contributed by atoms with van der Waals surface area (Å²) in [4.78, 5) is 23.4. The zero-order valence-corrected chi connectivity index (χ0v) is 20.0. The maximum atomic E-state index is 14.9. The minimum absolute atomic E-state index is 0.0553. The normalized spacial score (nSPS) is 20.3. The molecule has 2 aromatic heterocycles. The lowest BCUT2D eigenvalue weighted by Crippen LogP contribution is -2.51. The fourth-order valence-corrected chi connectivity index (χ4v) is 5.00. The van der Waals surface area contributed by atoms with Crippen molar-refractivity contribution in [3.8, 4) is 0 Å². The molecule has 0 radical (unpaired) electrons. The third-order valence-electron chi connectivity index (χ3n) is 7.05. The summed E-state index contributed by atoms with van der Waals surface area (Å²) in [6, 6.07) is 7.07. The average molecular weight is 523 g/mol. The molecule has 37 heavy (non-hydrogen) atoms. The lowest BCUT2D eigenvalue weighted by atomic mass is 9.92. The highest BCUT2D eigenvalue weighted by atomic mass is 19.4. The molecule has 1 amide bonds. The van der Waals surface area contributed by atoms with Crippen molar-refractivity contribution in [1.82, 2.24) is 19.4 Å². The van der Waals surface area contributed by atoms with Gasteiger partial charge in [-0.1, -0.05) is 12.1 Å². The Morgan fingerprint density at radius 2 is 1.84 bits per heavy atom. The largest absolute Gasteiger partial charge is 0.416 e. The van der Waals surface area contributed by atoms with Crippen LogP contribution in [0.4, 0.5) is 27.8 Å². The molecular weight excluding hydrogens is 495 g/mol. The van der Waals surface area contributed by atoms with E-state index in [1.165, 1.54) is 23.4 Å². The quantitative estimate of drug-likeness (QED) is 0.452. The van der Waals surface area contributed by atoms with E-state index < -0.39 is 36.0 Å². The minimum atomic E-state index is -4.40. The molecule has 0 spiro atoms. The number of amides is 1. The predicted octanol–water partition coefficient (Wildman–Crippen LogP) is 4.06. The molecule has 3 heterocycles. The molecule has 1 saturated carbocycles. The molecule has 3 aromatic rings. The first-order valence-corrected chi connectivity index (χ1v) is 12.1. The Morgan fingerprint density at radius 1 is 1.11 bits per heavy atom. The average Bonchev–Trinajstić information content (AvgIpc) is 3.58. The standard InChI is InChI=1S/C25H27F5N6O/c26-24(27)14-34(13-21(31)37)9-7-18(24)12-35-10-8-20-22(35)32-15-33-23(20)36(19-5-6-19)11-16-1-3-17(4-2-16)25(28,29)30/h1-4,8,10,15,18-19H,5-7,9,11-14H2,(H2,31,37). The number of rotatable bonds is 8. The van der Waals surface area contributed by atoms with Gasteiger partial charge < -0.3 is 15.2 Å². The fourth-order valence-electron chi connectivity index (χ4n) is 5.00. The van der Waals surface area contributed by atoms with Crippen LogP contribution < -0.4 is 10.6 Å². The maximum absolute atomic E-state index is 14.9. The number of alkyl halides is 5. The van der Waals surface area contributed by atoms with Gasteiger partial charge in [0.2, 0.25) is 5.91 Å². The lowest BCUT2D eigenvalue weighted by molar-refractivity contribution is -0.137. The van der Waals surface area contributed by atoms with E-state index in [-0.39, 0.29) is 25.6 Å². The number of nitrogens with zero attached hydrogens (tertiary/aromatic N) is 5. The molecule has 12 heteroatoms. The van der Waals surface area contributed by atoms with E-state index >= 15 is 0 Å². The number of halogens is 5. The molecule has 2 fully saturated rings. The van der Waals surface area contributed by atoms with Crippen LogP contribution in [-0.2, 0) is 24.1 Å².